The molecule has 3 aromatic carbocycles. The second kappa shape index (κ2) is 28.8. The van der Waals surface area contributed by atoms with Gasteiger partial charge in [-0.25, -0.2) is 19.4 Å². The molecule has 0 aliphatic heterocycles. The largest absolute Gasteiger partial charge is 0.506 e. The summed E-state index contributed by atoms with van der Waals surface area (Å²) in [5.74, 6) is 0.610. The van der Waals surface area contributed by atoms with Crippen LogP contribution in [0, 0.1) is 20.8 Å². The molecule has 368 valence electrons. The van der Waals surface area contributed by atoms with E-state index in [9.17, 15) is 38.4 Å². The van der Waals surface area contributed by atoms with E-state index in [1.807, 2.05) is 57.2 Å². The van der Waals surface area contributed by atoms with Gasteiger partial charge in [0, 0.05) is 35.5 Å². The first-order valence-corrected chi connectivity index (χ1v) is 24.9. The number of pyridine rings is 3. The Labute approximate surface area is 417 Å². The monoisotopic (exact) mass is 1080 g/mol. The van der Waals surface area contributed by atoms with Crippen LogP contribution < -0.4 is 17.0 Å². The molecule has 0 unspecified atom stereocenters. The molecule has 3 heterocycles. The summed E-state index contributed by atoms with van der Waals surface area (Å²) in [4.78, 5) is 90.0. The van der Waals surface area contributed by atoms with Crippen molar-refractivity contribution in [1.82, 2.24) is 15.0 Å². The van der Waals surface area contributed by atoms with Crippen molar-refractivity contribution < 1.29 is 57.8 Å². The zero-order valence-corrected chi connectivity index (χ0v) is 42.8. The van der Waals surface area contributed by atoms with Crippen molar-refractivity contribution in [3.05, 3.63) is 124 Å². The van der Waals surface area contributed by atoms with Crippen molar-refractivity contribution in [2.24, 2.45) is 5.90 Å². The molecule has 25 heteroatoms. The Morgan fingerprint density at radius 2 is 0.985 bits per heavy atom. The maximum Gasteiger partial charge on any atom is 0.347 e. The molecule has 3 aromatic heterocycles. The van der Waals surface area contributed by atoms with E-state index in [-0.39, 0.29) is 57.5 Å². The number of carbonyl (C=O) groups is 5. The molecule has 0 saturated carbocycles. The fraction of sp³-hybridized carbons (Fsp3) is 0.256. The second-order valence-corrected chi connectivity index (χ2v) is 21.0. The number of nitrogens with zero attached hydrogens (tertiary/aromatic N) is 1. The van der Waals surface area contributed by atoms with Crippen molar-refractivity contribution in [3.63, 3.8) is 0 Å². The van der Waals surface area contributed by atoms with Crippen LogP contribution in [0.2, 0.25) is 15.2 Å². The highest BCUT2D eigenvalue weighted by molar-refractivity contribution is 8.24. The lowest BCUT2D eigenvalue weighted by atomic mass is 10.1. The minimum absolute atomic E-state index is 0.0646. The van der Waals surface area contributed by atoms with E-state index in [0.29, 0.717) is 32.7 Å². The molecule has 0 fully saturated rings. The van der Waals surface area contributed by atoms with Crippen LogP contribution in [0.15, 0.2) is 64.2 Å². The predicted molar refractivity (Wildman–Crippen MR) is 264 cm³/mol. The number of rotatable bonds is 6. The average molecular weight is 1090 g/mol. The first-order chi connectivity index (χ1) is 31.6. The molecular formula is C43H45Cl6N4O14P. The number of H-pyrrole nitrogens is 2. The van der Waals surface area contributed by atoms with Crippen molar-refractivity contribution in [2.45, 2.75) is 55.4 Å². The minimum Gasteiger partial charge on any atom is -0.506 e. The molecule has 0 aliphatic carbocycles. The summed E-state index contributed by atoms with van der Waals surface area (Å²) < 4.78 is 24.0. The Bertz CT molecular complexity index is 2830. The number of nitrogens with two attached hydrogens (primary N) is 1. The number of benzene rings is 3. The number of carboxylic acid groups (broad SMARTS) is 1. The Morgan fingerprint density at radius 3 is 1.41 bits per heavy atom. The van der Waals surface area contributed by atoms with Crippen molar-refractivity contribution in [2.75, 3.05) is 19.8 Å². The summed E-state index contributed by atoms with van der Waals surface area (Å²) in [6.45, 7) is 13.6. The molecule has 0 bridgehead atoms. The van der Waals surface area contributed by atoms with E-state index >= 15 is 0 Å². The number of fused-ring (bicyclic) bond motifs is 3. The van der Waals surface area contributed by atoms with Gasteiger partial charge < -0.3 is 39.2 Å². The number of esters is 3. The molecule has 0 radical (unpaired) electrons. The van der Waals surface area contributed by atoms with Crippen LogP contribution in [-0.2, 0) is 33.2 Å². The molecule has 0 aliphatic rings. The lowest BCUT2D eigenvalue weighted by molar-refractivity contribution is -0.141. The number of aromatic hydroxyl groups is 1. The molecule has 6 N–H and O–H groups in total. The highest BCUT2D eigenvalue weighted by atomic mass is 36.0. The summed E-state index contributed by atoms with van der Waals surface area (Å²) in [5.41, 5.74) is 3.12. The van der Waals surface area contributed by atoms with Crippen molar-refractivity contribution in [1.29, 1.82) is 0 Å². The third-order valence-corrected chi connectivity index (χ3v) is 8.94. The van der Waals surface area contributed by atoms with Crippen LogP contribution in [-0.4, -0.2) is 74.8 Å². The third kappa shape index (κ3) is 19.7. The van der Waals surface area contributed by atoms with Crippen LogP contribution >= 0.6 is 73.7 Å². The van der Waals surface area contributed by atoms with Gasteiger partial charge in [0.1, 0.15) is 22.0 Å². The van der Waals surface area contributed by atoms with E-state index in [4.69, 9.17) is 58.9 Å². The van der Waals surface area contributed by atoms with Gasteiger partial charge >= 0.3 is 29.1 Å². The number of nitrogens with one attached hydrogen (secondary N) is 2. The van der Waals surface area contributed by atoms with Gasteiger partial charge in [-0.3, -0.25) is 23.7 Å². The van der Waals surface area contributed by atoms with Gasteiger partial charge in [-0.1, -0.05) is 69.7 Å². The summed E-state index contributed by atoms with van der Waals surface area (Å²) in [6, 6.07) is 16.2. The topological polar surface area (TPSA) is 284 Å². The maximum atomic E-state index is 11.8. The average Bonchev–Trinajstić information content (AvgIpc) is 3.22. The Hall–Kier alpha value is -5.43. The number of aliphatic carboxylic acids is 1. The SMILES string of the molecule is CC(=O)O.CC(=O)ON.CCOC(=O)c1c(Cl)c2cc(C)ccc2[nH]c1=O.CCOC(=O)c1c(Cl)nc2ccc(C)cc2c1Cl.CCOC(=O)c1c(O)c2cc(C)ccc2[nH]c1=O.O=P(Cl)(Cl)Cl. The van der Waals surface area contributed by atoms with Crippen LogP contribution in [0.3, 0.4) is 0 Å². The fourth-order valence-electron chi connectivity index (χ4n) is 5.22. The smallest absolute Gasteiger partial charge is 0.347 e. The van der Waals surface area contributed by atoms with E-state index in [2.05, 4.69) is 59.4 Å². The zero-order valence-electron chi connectivity index (χ0n) is 37.4. The van der Waals surface area contributed by atoms with Gasteiger partial charge in [0.05, 0.1) is 40.9 Å². The van der Waals surface area contributed by atoms with E-state index in [1.165, 1.54) is 6.92 Å². The third-order valence-electron chi connectivity index (χ3n) is 7.89. The Kier molecular flexibility index (Phi) is 25.7. The van der Waals surface area contributed by atoms with Crippen molar-refractivity contribution in [3.8, 4) is 5.75 Å². The number of aryl methyl sites for hydroxylation is 3. The van der Waals surface area contributed by atoms with E-state index < -0.39 is 46.2 Å². The predicted octanol–water partition coefficient (Wildman–Crippen LogP) is 10.7. The van der Waals surface area contributed by atoms with E-state index in [0.717, 1.165) is 23.6 Å². The highest BCUT2D eigenvalue weighted by Crippen LogP contribution is 2.61. The van der Waals surface area contributed by atoms with Gasteiger partial charge in [-0.15, -0.1) is 0 Å². The first kappa shape index (κ1) is 60.6. The van der Waals surface area contributed by atoms with Gasteiger partial charge in [0.25, 0.3) is 17.1 Å². The number of aromatic amines is 2. The van der Waals surface area contributed by atoms with Gasteiger partial charge in [0.15, 0.2) is 5.56 Å². The van der Waals surface area contributed by atoms with E-state index in [1.54, 1.807) is 39.0 Å². The van der Waals surface area contributed by atoms with Gasteiger partial charge in [0.2, 0.25) is 0 Å². The van der Waals surface area contributed by atoms with Crippen molar-refractivity contribution >= 4 is 136 Å². The standard InChI is InChI=1S/C13H11Cl2NO2.C13H12ClNO3.C13H13NO4.C2H5NO2.C2H4O2.Cl3OP/c1-3-18-13(17)10-11(14)8-6-7(2)4-5-9(8)16-12(10)15;1-3-18-13(17)10-11(14)8-6-7(2)4-5-9(8)15-12(10)16;1-3-18-13(17)10-11(15)8-6-7(2)4-5-9(8)14-12(10)16;1-2(4)5-3;1-2(3)4;1-5(2,3)4/h4-6H,3H2,1-2H3;4-6H,3H2,1-2H3,(H,15,16);4-6H,3H2,1-2H3,(H2,14,15,16);3H2,1H3;1H3,(H,3,4);. The molecule has 0 spiro atoms. The lowest BCUT2D eigenvalue weighted by Gasteiger charge is -2.09. The maximum absolute atomic E-state index is 11.8. The summed E-state index contributed by atoms with van der Waals surface area (Å²) in [6.07, 6.45) is 0. The summed E-state index contributed by atoms with van der Waals surface area (Å²) in [5, 5.41) is 16.5. The summed E-state index contributed by atoms with van der Waals surface area (Å²) >= 11 is 32.2. The lowest BCUT2D eigenvalue weighted by Crippen LogP contribution is -2.20. The molecule has 0 saturated heterocycles. The number of carboxylic acids is 1. The molecule has 0 atom stereocenters. The van der Waals surface area contributed by atoms with Gasteiger partial charge in [-0.05, 0) is 112 Å². The molecular weight excluding hydrogens is 1040 g/mol. The van der Waals surface area contributed by atoms with Crippen LogP contribution in [0.4, 0.5) is 0 Å². The summed E-state index contributed by atoms with van der Waals surface area (Å²) in [7, 11) is 0. The fourth-order valence-corrected chi connectivity index (χ4v) is 6.17. The molecule has 68 heavy (non-hydrogen) atoms. The molecule has 0 amide bonds. The normalized spacial score (nSPS) is 10.2. The molecule has 6 aromatic rings. The number of ether oxygens (including phenoxy) is 3. The number of aromatic nitrogens is 3. The van der Waals surface area contributed by atoms with Crippen LogP contribution in [0.1, 0.15) is 82.4 Å². The highest BCUT2D eigenvalue weighted by Gasteiger charge is 2.22. The quantitative estimate of drug-likeness (QED) is 0.0341. The second-order valence-electron chi connectivity index (χ2n) is 13.2. The van der Waals surface area contributed by atoms with Crippen LogP contribution in [0.25, 0.3) is 32.7 Å². The molecule has 6 rings (SSSR count). The number of hydrogen-bond donors (Lipinski definition) is 5. The Balaban J connectivity index is 0.000000447. The minimum atomic E-state index is -3.22. The number of hydrogen-bond acceptors (Lipinski definition) is 15. The number of halogens is 6. The number of carbonyl (C=O) groups excluding carboxylic acids is 4. The molecule has 18 nitrogen and oxygen atoms in total. The Morgan fingerprint density at radius 1 is 0.647 bits per heavy atom. The zero-order chi connectivity index (χ0) is 52.2. The van der Waals surface area contributed by atoms with Crippen LogP contribution in [0.5, 0.6) is 5.75 Å². The van der Waals surface area contributed by atoms with Gasteiger partial charge in [-0.2, -0.15) is 5.90 Å². The first-order valence-electron chi connectivity index (χ1n) is 19.3.